The third kappa shape index (κ3) is 7.81. The van der Waals surface area contributed by atoms with Gasteiger partial charge in [0.05, 0.1) is 11.4 Å². The maximum absolute atomic E-state index is 13.5. The normalized spacial score (nSPS) is 10.7. The number of halogens is 1. The monoisotopic (exact) mass is 710 g/mol. The number of alkyl halides is 1. The average Bonchev–Trinajstić information content (AvgIpc) is 3.68. The molecule has 14 nitrogen and oxygen atoms in total. The lowest BCUT2D eigenvalue weighted by molar-refractivity contribution is -0.106. The summed E-state index contributed by atoms with van der Waals surface area (Å²) in [6.45, 7) is 5.73. The largest absolute Gasteiger partial charge is 0.370 e. The molecule has 0 fully saturated rings. The number of hydrogen-bond donors (Lipinski definition) is 9. The average molecular weight is 712 g/mol. The van der Waals surface area contributed by atoms with E-state index in [1.807, 2.05) is 24.3 Å². The number of nitrogens with one attached hydrogen (secondary N) is 8. The third-order valence-corrected chi connectivity index (χ3v) is 9.07. The summed E-state index contributed by atoms with van der Waals surface area (Å²) in [5.74, 6) is -0.576. The van der Waals surface area contributed by atoms with Crippen LogP contribution in [0.25, 0.3) is 11.1 Å². The molecule has 0 saturated heterocycles. The van der Waals surface area contributed by atoms with Crippen LogP contribution in [0, 0.1) is 26.2 Å². The fraction of sp³-hybridized carbons (Fsp3) is 0.233. The van der Waals surface area contributed by atoms with Gasteiger partial charge >= 0.3 is 0 Å². The van der Waals surface area contributed by atoms with Gasteiger partial charge in [0.15, 0.2) is 5.96 Å². The van der Waals surface area contributed by atoms with Crippen molar-refractivity contribution in [3.05, 3.63) is 76.6 Å². The second kappa shape index (κ2) is 15.4. The molecule has 1 aromatic carbocycles. The fourth-order valence-corrected chi connectivity index (χ4v) is 5.89. The lowest BCUT2D eigenvalue weighted by Gasteiger charge is -2.10. The molecule has 46 heavy (non-hydrogen) atoms. The van der Waals surface area contributed by atoms with Gasteiger partial charge in [-0.15, -0.1) is 11.8 Å². The predicted octanol–water partition coefficient (Wildman–Crippen LogP) is 3.64. The highest BCUT2D eigenvalue weighted by molar-refractivity contribution is 9.09. The highest BCUT2D eigenvalue weighted by atomic mass is 79.9. The van der Waals surface area contributed by atoms with E-state index in [4.69, 9.17) is 11.1 Å². The summed E-state index contributed by atoms with van der Waals surface area (Å²) in [4.78, 5) is 57.5. The van der Waals surface area contributed by atoms with Crippen molar-refractivity contribution >= 4 is 69.2 Å². The topological polar surface area (TPSA) is 215 Å². The van der Waals surface area contributed by atoms with Crippen molar-refractivity contribution in [2.45, 2.75) is 25.7 Å². The van der Waals surface area contributed by atoms with Gasteiger partial charge in [0.2, 0.25) is 6.41 Å². The van der Waals surface area contributed by atoms with Crippen LogP contribution in [0.1, 0.15) is 48.2 Å². The molecular weight excluding hydrogens is 676 g/mol. The Kier molecular flexibility index (Phi) is 11.3. The minimum Gasteiger partial charge on any atom is -0.370 e. The van der Waals surface area contributed by atoms with Crippen LogP contribution in [-0.4, -0.2) is 68.9 Å². The van der Waals surface area contributed by atoms with Gasteiger partial charge in [-0.05, 0) is 44.0 Å². The number of hydrogen-bond acceptors (Lipinski definition) is 6. The summed E-state index contributed by atoms with van der Waals surface area (Å²) >= 11 is 5.16. The summed E-state index contributed by atoms with van der Waals surface area (Å²) in [5.41, 5.74) is 12.7. The molecule has 0 spiro atoms. The van der Waals surface area contributed by atoms with Crippen molar-refractivity contribution in [3.63, 3.8) is 0 Å². The standard InChI is InChI=1S/C30H35BrN10O4S/c1-16-21(19-4-6-20(7-5-19)46-11-8-31)14-41(38-15-42)26(16)29(45)40-23-13-37-25(18(23)3)28(44)39-22-12-36-24(17(22)2)27(43)34-9-10-35-30(32)33/h4-7,12-15,36-37H,8-11H2,1-3H3,(H,34,43)(H,38,42)(H,39,44)(H,40,45)(H4,32,33,35). The zero-order chi connectivity index (χ0) is 33.4. The number of nitrogens with zero attached hydrogens (tertiary/aromatic N) is 1. The number of H-pyrrole nitrogens is 2. The molecule has 0 saturated carbocycles. The first-order valence-electron chi connectivity index (χ1n) is 14.1. The summed E-state index contributed by atoms with van der Waals surface area (Å²) in [5, 5.41) is 19.0. The minimum absolute atomic E-state index is 0.191. The van der Waals surface area contributed by atoms with E-state index in [0.29, 0.717) is 41.0 Å². The Balaban J connectivity index is 1.47. The zero-order valence-corrected chi connectivity index (χ0v) is 27.8. The van der Waals surface area contributed by atoms with Crippen molar-refractivity contribution in [3.8, 4) is 11.1 Å². The van der Waals surface area contributed by atoms with Crippen molar-refractivity contribution in [2.24, 2.45) is 5.73 Å². The second-order valence-electron chi connectivity index (χ2n) is 10.1. The van der Waals surface area contributed by atoms with Crippen molar-refractivity contribution in [2.75, 3.05) is 40.2 Å². The first-order chi connectivity index (χ1) is 22.0. The molecule has 242 valence electrons. The third-order valence-electron chi connectivity index (χ3n) is 7.13. The Hall–Kier alpha value is -4.96. The van der Waals surface area contributed by atoms with Gasteiger partial charge in [0, 0.05) is 64.3 Å². The van der Waals surface area contributed by atoms with Gasteiger partial charge in [0.25, 0.3) is 17.7 Å². The van der Waals surface area contributed by atoms with E-state index in [2.05, 4.69) is 52.6 Å². The van der Waals surface area contributed by atoms with Gasteiger partial charge in [0.1, 0.15) is 17.1 Å². The van der Waals surface area contributed by atoms with Crippen LogP contribution in [-0.2, 0) is 4.79 Å². The number of rotatable bonds is 14. The highest BCUT2D eigenvalue weighted by Gasteiger charge is 2.23. The fourth-order valence-electron chi connectivity index (χ4n) is 4.77. The Morgan fingerprint density at radius 1 is 0.913 bits per heavy atom. The molecule has 4 aromatic rings. The van der Waals surface area contributed by atoms with Gasteiger partial charge in [-0.2, -0.15) is 0 Å². The molecule has 0 aliphatic heterocycles. The molecule has 10 N–H and O–H groups in total. The molecule has 0 aliphatic rings. The molecule has 0 bridgehead atoms. The van der Waals surface area contributed by atoms with E-state index in [9.17, 15) is 19.2 Å². The summed E-state index contributed by atoms with van der Waals surface area (Å²) in [6, 6.07) is 7.98. The second-order valence-corrected chi connectivity index (χ2v) is 12.1. The number of aromatic amines is 2. The summed E-state index contributed by atoms with van der Waals surface area (Å²) < 4.78 is 1.37. The number of guanidine groups is 1. The molecular formula is C30H35BrN10O4S. The Labute approximate surface area is 277 Å². The van der Waals surface area contributed by atoms with Crippen LogP contribution in [0.15, 0.2) is 47.8 Å². The van der Waals surface area contributed by atoms with E-state index in [0.717, 1.165) is 27.1 Å². The summed E-state index contributed by atoms with van der Waals surface area (Å²) in [6.07, 6.45) is 5.22. The highest BCUT2D eigenvalue weighted by Crippen LogP contribution is 2.31. The van der Waals surface area contributed by atoms with E-state index in [1.54, 1.807) is 38.7 Å². The van der Waals surface area contributed by atoms with Crippen molar-refractivity contribution < 1.29 is 19.2 Å². The number of aromatic nitrogens is 3. The smallest absolute Gasteiger partial charge is 0.274 e. The molecule has 4 rings (SSSR count). The number of amides is 4. The van der Waals surface area contributed by atoms with E-state index < -0.39 is 11.8 Å². The van der Waals surface area contributed by atoms with Crippen LogP contribution in [0.3, 0.4) is 0 Å². The van der Waals surface area contributed by atoms with E-state index >= 15 is 0 Å². The van der Waals surface area contributed by atoms with Crippen molar-refractivity contribution in [1.82, 2.24) is 25.3 Å². The number of benzene rings is 1. The first-order valence-corrected chi connectivity index (χ1v) is 16.2. The number of thioether (sulfide) groups is 1. The van der Waals surface area contributed by atoms with Crippen LogP contribution in [0.2, 0.25) is 0 Å². The Bertz CT molecular complexity index is 1760. The van der Waals surface area contributed by atoms with Crippen LogP contribution in [0.5, 0.6) is 0 Å². The van der Waals surface area contributed by atoms with Gasteiger partial charge in [-0.1, -0.05) is 28.1 Å². The summed E-state index contributed by atoms with van der Waals surface area (Å²) in [7, 11) is 0. The molecule has 3 heterocycles. The zero-order valence-electron chi connectivity index (χ0n) is 25.4. The molecule has 3 aromatic heterocycles. The van der Waals surface area contributed by atoms with E-state index in [-0.39, 0.29) is 35.5 Å². The van der Waals surface area contributed by atoms with E-state index in [1.165, 1.54) is 17.1 Å². The molecule has 0 atom stereocenters. The minimum atomic E-state index is -0.479. The van der Waals surface area contributed by atoms with Crippen LogP contribution < -0.4 is 32.4 Å². The number of anilines is 2. The number of carbonyl (C=O) groups is 4. The quantitative estimate of drug-likeness (QED) is 0.0236. The van der Waals surface area contributed by atoms with Crippen molar-refractivity contribution in [1.29, 1.82) is 5.41 Å². The molecule has 16 heteroatoms. The van der Waals surface area contributed by atoms with Crippen LogP contribution >= 0.6 is 27.7 Å². The first kappa shape index (κ1) is 33.9. The van der Waals surface area contributed by atoms with Crippen LogP contribution in [0.4, 0.5) is 11.4 Å². The lowest BCUT2D eigenvalue weighted by Crippen LogP contribution is -2.37. The van der Waals surface area contributed by atoms with Gasteiger partial charge in [-0.3, -0.25) is 34.7 Å². The maximum atomic E-state index is 13.5. The maximum Gasteiger partial charge on any atom is 0.274 e. The predicted molar refractivity (Wildman–Crippen MR) is 184 cm³/mol. The Morgan fingerprint density at radius 3 is 2.09 bits per heavy atom. The molecule has 0 aliphatic carbocycles. The van der Waals surface area contributed by atoms with Gasteiger partial charge in [-0.25, -0.2) is 0 Å². The molecule has 0 unspecified atom stereocenters. The lowest BCUT2D eigenvalue weighted by atomic mass is 10.0. The number of carbonyl (C=O) groups excluding carboxylic acids is 4. The Morgan fingerprint density at radius 2 is 1.50 bits per heavy atom. The SMILES string of the molecule is Cc1c(NC(=O)c2[nH]cc(NC(=O)c3c(C)c(-c4ccc(SCCBr)cc4)cn3NC=O)c2C)c[nH]c1C(=O)NCCNC(=N)N. The molecule has 0 radical (unpaired) electrons. The number of nitrogens with two attached hydrogens (primary N) is 1. The molecule has 4 amide bonds. The van der Waals surface area contributed by atoms with Gasteiger partial charge < -0.3 is 37.0 Å².